The molecule has 2 unspecified atom stereocenters. The second-order valence-electron chi connectivity index (χ2n) is 13.3. The molecule has 8 aliphatic carbocycles. The maximum atomic E-state index is 13.3. The smallest absolute Gasteiger partial charge is 0.312 e. The van der Waals surface area contributed by atoms with Crippen LogP contribution in [0.1, 0.15) is 90.9 Å². The summed E-state index contributed by atoms with van der Waals surface area (Å²) in [5.74, 6) is 3.09. The van der Waals surface area contributed by atoms with E-state index < -0.39 is 5.41 Å². The van der Waals surface area contributed by atoms with E-state index in [4.69, 9.17) is 4.74 Å². The summed E-state index contributed by atoms with van der Waals surface area (Å²) in [5, 5.41) is 6.42. The Bertz CT molecular complexity index is 817. The average Bonchev–Trinajstić information content (AvgIpc) is 2.69. The van der Waals surface area contributed by atoms with Crippen molar-refractivity contribution in [1.82, 2.24) is 10.6 Å². The Kier molecular flexibility index (Phi) is 4.95. The molecular formula is C27H40N2O4. The standard InChI is InChI=1S/C27H40N2O4/c1-16(25-7-18-3-19(8-25)5-20(4-18)9-25)28-23(31)14-33-24(32)26-10-21-6-22(11-26)13-27(12-21,15-26)29-17(2)30/h16,18-22H,3-15H2,1-2H3,(H,28,31)(H,29,30)/t16-,18?,19?,20?,21-,22+,25?,26?,27?/m0/s1. The average molecular weight is 457 g/mol. The highest BCUT2D eigenvalue weighted by molar-refractivity contribution is 5.83. The van der Waals surface area contributed by atoms with Crippen molar-refractivity contribution in [2.24, 2.45) is 40.4 Å². The third kappa shape index (κ3) is 3.70. The SMILES string of the molecule is CC(=O)NC12C[C@H]3C[C@@H](C1)CC(C(=O)OCC(=O)N[C@@H](C)C14CC5CC(CC(C5)C1)C4)(C3)C2. The lowest BCUT2D eigenvalue weighted by molar-refractivity contribution is -0.177. The van der Waals surface area contributed by atoms with E-state index in [1.807, 2.05) is 0 Å². The van der Waals surface area contributed by atoms with Crippen LogP contribution in [-0.4, -0.2) is 36.0 Å². The largest absolute Gasteiger partial charge is 0.455 e. The first-order chi connectivity index (χ1) is 15.7. The topological polar surface area (TPSA) is 84.5 Å². The predicted molar refractivity (Wildman–Crippen MR) is 123 cm³/mol. The summed E-state index contributed by atoms with van der Waals surface area (Å²) < 4.78 is 5.69. The Hall–Kier alpha value is -1.59. The Morgan fingerprint density at radius 2 is 1.39 bits per heavy atom. The molecule has 0 spiro atoms. The van der Waals surface area contributed by atoms with Gasteiger partial charge in [-0.25, -0.2) is 0 Å². The number of ether oxygens (including phenoxy) is 1. The van der Waals surface area contributed by atoms with Crippen LogP contribution >= 0.6 is 0 Å². The minimum absolute atomic E-state index is 0.0153. The third-order valence-electron chi connectivity index (χ3n) is 10.7. The number of hydrogen-bond acceptors (Lipinski definition) is 4. The van der Waals surface area contributed by atoms with Gasteiger partial charge in [-0.15, -0.1) is 0 Å². The van der Waals surface area contributed by atoms with Crippen LogP contribution in [0.3, 0.4) is 0 Å². The Morgan fingerprint density at radius 3 is 1.94 bits per heavy atom. The van der Waals surface area contributed by atoms with E-state index in [9.17, 15) is 14.4 Å². The lowest BCUT2D eigenvalue weighted by Crippen LogP contribution is -2.64. The lowest BCUT2D eigenvalue weighted by Gasteiger charge is -2.60. The van der Waals surface area contributed by atoms with E-state index in [0.717, 1.165) is 49.9 Å². The zero-order valence-corrected chi connectivity index (χ0v) is 20.3. The van der Waals surface area contributed by atoms with E-state index in [1.165, 1.54) is 38.5 Å². The first-order valence-electron chi connectivity index (χ1n) is 13.4. The van der Waals surface area contributed by atoms with Gasteiger partial charge in [-0.1, -0.05) is 0 Å². The van der Waals surface area contributed by atoms with Gasteiger partial charge in [-0.2, -0.15) is 0 Å². The van der Waals surface area contributed by atoms with Crippen molar-refractivity contribution < 1.29 is 19.1 Å². The summed E-state index contributed by atoms with van der Waals surface area (Å²) in [5.41, 5.74) is -0.540. The predicted octanol–water partition coefficient (Wildman–Crippen LogP) is 3.73. The van der Waals surface area contributed by atoms with Crippen LogP contribution in [-0.2, 0) is 19.1 Å². The van der Waals surface area contributed by atoms with Crippen molar-refractivity contribution in [2.45, 2.75) is 102 Å². The maximum Gasteiger partial charge on any atom is 0.312 e. The van der Waals surface area contributed by atoms with E-state index in [1.54, 1.807) is 6.92 Å². The molecule has 0 aromatic heterocycles. The molecule has 6 nitrogen and oxygen atoms in total. The zero-order valence-electron chi connectivity index (χ0n) is 20.3. The number of esters is 1. The summed E-state index contributed by atoms with van der Waals surface area (Å²) in [6, 6.07) is 0.139. The molecule has 33 heavy (non-hydrogen) atoms. The minimum atomic E-state index is -0.529. The first kappa shape index (κ1) is 21.9. The van der Waals surface area contributed by atoms with Gasteiger partial charge in [0, 0.05) is 18.5 Å². The van der Waals surface area contributed by atoms with Crippen molar-refractivity contribution in [3.05, 3.63) is 0 Å². The summed E-state index contributed by atoms with van der Waals surface area (Å²) in [6.07, 6.45) is 13.4. The molecule has 0 aromatic rings. The van der Waals surface area contributed by atoms with Gasteiger partial charge >= 0.3 is 5.97 Å². The number of nitrogens with one attached hydrogen (secondary N) is 2. The van der Waals surface area contributed by atoms with Crippen LogP contribution < -0.4 is 10.6 Å². The van der Waals surface area contributed by atoms with E-state index in [0.29, 0.717) is 18.3 Å². The Morgan fingerprint density at radius 1 is 0.848 bits per heavy atom. The highest BCUT2D eigenvalue weighted by Gasteiger charge is 2.61. The molecule has 5 atom stereocenters. The summed E-state index contributed by atoms with van der Waals surface area (Å²) in [4.78, 5) is 38.0. The third-order valence-corrected chi connectivity index (χ3v) is 10.7. The van der Waals surface area contributed by atoms with Crippen molar-refractivity contribution in [3.63, 3.8) is 0 Å². The summed E-state index contributed by atoms with van der Waals surface area (Å²) in [7, 11) is 0. The fourth-order valence-corrected chi connectivity index (χ4v) is 10.4. The fraction of sp³-hybridized carbons (Fsp3) is 0.889. The van der Waals surface area contributed by atoms with Crippen LogP contribution in [0, 0.1) is 40.4 Å². The van der Waals surface area contributed by atoms with E-state index in [-0.39, 0.29) is 41.4 Å². The van der Waals surface area contributed by atoms with Gasteiger partial charge < -0.3 is 15.4 Å². The molecule has 0 aromatic carbocycles. The van der Waals surface area contributed by atoms with E-state index in [2.05, 4.69) is 17.6 Å². The van der Waals surface area contributed by atoms with Gasteiger partial charge in [0.05, 0.1) is 5.41 Å². The van der Waals surface area contributed by atoms with Gasteiger partial charge in [0.15, 0.2) is 6.61 Å². The molecule has 8 saturated carbocycles. The normalized spacial score (nSPS) is 47.3. The Labute approximate surface area is 197 Å². The van der Waals surface area contributed by atoms with Crippen LogP contribution in [0.2, 0.25) is 0 Å². The summed E-state index contributed by atoms with van der Waals surface area (Å²) in [6.45, 7) is 3.56. The molecule has 8 aliphatic rings. The highest BCUT2D eigenvalue weighted by atomic mass is 16.5. The number of hydrogen-bond donors (Lipinski definition) is 2. The monoisotopic (exact) mass is 456 g/mol. The number of carbonyl (C=O) groups excluding carboxylic acids is 3. The quantitative estimate of drug-likeness (QED) is 0.597. The van der Waals surface area contributed by atoms with Gasteiger partial charge in [0.25, 0.3) is 5.91 Å². The van der Waals surface area contributed by atoms with Crippen molar-refractivity contribution in [1.29, 1.82) is 0 Å². The molecule has 182 valence electrons. The molecule has 0 heterocycles. The molecule has 8 rings (SSSR count). The number of carbonyl (C=O) groups is 3. The molecule has 0 saturated heterocycles. The highest BCUT2D eigenvalue weighted by Crippen LogP contribution is 2.63. The molecule has 8 fully saturated rings. The van der Waals surface area contributed by atoms with Gasteiger partial charge in [0.2, 0.25) is 5.91 Å². The van der Waals surface area contributed by atoms with Gasteiger partial charge in [0.1, 0.15) is 0 Å². The van der Waals surface area contributed by atoms with Crippen LogP contribution in [0.5, 0.6) is 0 Å². The first-order valence-corrected chi connectivity index (χ1v) is 13.4. The molecular weight excluding hydrogens is 416 g/mol. The maximum absolute atomic E-state index is 13.3. The fourth-order valence-electron chi connectivity index (χ4n) is 10.4. The lowest BCUT2D eigenvalue weighted by atomic mass is 9.47. The van der Waals surface area contributed by atoms with Gasteiger partial charge in [-0.3, -0.25) is 14.4 Å². The molecule has 2 amide bonds. The van der Waals surface area contributed by atoms with Crippen molar-refractivity contribution in [3.8, 4) is 0 Å². The second-order valence-corrected chi connectivity index (χ2v) is 13.3. The van der Waals surface area contributed by atoms with E-state index >= 15 is 0 Å². The summed E-state index contributed by atoms with van der Waals surface area (Å²) >= 11 is 0. The van der Waals surface area contributed by atoms with Crippen molar-refractivity contribution in [2.75, 3.05) is 6.61 Å². The molecule has 2 N–H and O–H groups in total. The minimum Gasteiger partial charge on any atom is -0.455 e. The second kappa shape index (κ2) is 7.45. The van der Waals surface area contributed by atoms with Crippen LogP contribution in [0.25, 0.3) is 0 Å². The Balaban J connectivity index is 1.07. The number of rotatable bonds is 6. The molecule has 0 radical (unpaired) electrons. The molecule has 0 aliphatic heterocycles. The zero-order chi connectivity index (χ0) is 23.0. The van der Waals surface area contributed by atoms with Crippen molar-refractivity contribution >= 4 is 17.8 Å². The molecule has 6 heteroatoms. The van der Waals surface area contributed by atoms with Gasteiger partial charge in [-0.05, 0) is 119 Å². The molecule has 8 bridgehead atoms. The van der Waals surface area contributed by atoms with Crippen LogP contribution in [0.15, 0.2) is 0 Å². The van der Waals surface area contributed by atoms with Crippen LogP contribution in [0.4, 0.5) is 0 Å². The number of amides is 2.